The molecule has 2 saturated heterocycles. The van der Waals surface area contributed by atoms with E-state index in [4.69, 9.17) is 4.98 Å². The van der Waals surface area contributed by atoms with Crippen LogP contribution in [-0.4, -0.2) is 78.2 Å². The summed E-state index contributed by atoms with van der Waals surface area (Å²) in [5, 5.41) is 10.6. The van der Waals surface area contributed by atoms with Crippen molar-refractivity contribution in [3.63, 3.8) is 0 Å². The van der Waals surface area contributed by atoms with Crippen LogP contribution < -0.4 is 0 Å². The lowest BCUT2D eigenvalue weighted by atomic mass is 9.95. The standard InChI is InChI=1S/C30H37N7O/c1-23(38)37-27(31-19-26-30(37)33-22-32-26)20-34-17-18-36(28(21-34)35-15-9-4-10-16-35)29(24-11-5-2-6-12-24)25-13-7-3-8-14-25/h2-3,5-8,11-14,19,22-23,28-29,38H,4,9-10,15-18,20-21H2,1H3. The number of piperidine rings is 1. The van der Waals surface area contributed by atoms with Crippen LogP contribution in [0, 0.1) is 0 Å². The minimum absolute atomic E-state index is 0.197. The van der Waals surface area contributed by atoms with E-state index in [0.717, 1.165) is 38.5 Å². The highest BCUT2D eigenvalue weighted by Gasteiger charge is 2.37. The summed E-state index contributed by atoms with van der Waals surface area (Å²) < 4.78 is 1.82. The van der Waals surface area contributed by atoms with Crippen molar-refractivity contribution in [2.24, 2.45) is 0 Å². The first kappa shape index (κ1) is 25.1. The average Bonchev–Trinajstić information content (AvgIpc) is 3.44. The van der Waals surface area contributed by atoms with E-state index in [-0.39, 0.29) is 12.2 Å². The zero-order valence-electron chi connectivity index (χ0n) is 22.1. The Kier molecular flexibility index (Phi) is 7.47. The highest BCUT2D eigenvalue weighted by atomic mass is 16.3. The van der Waals surface area contributed by atoms with E-state index in [1.54, 1.807) is 13.1 Å². The normalized spacial score (nSPS) is 20.8. The molecular formula is C30H37N7O. The maximum atomic E-state index is 10.6. The number of piperazine rings is 1. The highest BCUT2D eigenvalue weighted by molar-refractivity contribution is 5.49. The summed E-state index contributed by atoms with van der Waals surface area (Å²) in [4.78, 5) is 21.3. The monoisotopic (exact) mass is 511 g/mol. The summed E-state index contributed by atoms with van der Waals surface area (Å²) in [6.07, 6.45) is 6.69. The van der Waals surface area contributed by atoms with Gasteiger partial charge in [-0.05, 0) is 44.0 Å². The van der Waals surface area contributed by atoms with Crippen LogP contribution in [0.4, 0.5) is 0 Å². The Labute approximate surface area is 224 Å². The number of fused-ring (bicyclic) bond motifs is 1. The zero-order valence-corrected chi connectivity index (χ0v) is 22.1. The first-order valence-electron chi connectivity index (χ1n) is 13.9. The van der Waals surface area contributed by atoms with E-state index >= 15 is 0 Å². The van der Waals surface area contributed by atoms with Gasteiger partial charge in [0.15, 0.2) is 5.82 Å². The molecule has 0 spiro atoms. The number of rotatable bonds is 7. The van der Waals surface area contributed by atoms with Gasteiger partial charge in [-0.3, -0.25) is 19.3 Å². The Balaban J connectivity index is 1.32. The molecule has 4 heterocycles. The van der Waals surface area contributed by atoms with Gasteiger partial charge < -0.3 is 5.11 Å². The molecule has 6 rings (SSSR count). The van der Waals surface area contributed by atoms with Gasteiger partial charge in [0, 0.05) is 19.6 Å². The third-order valence-corrected chi connectivity index (χ3v) is 8.04. The molecule has 4 aliphatic heterocycles. The largest absolute Gasteiger partial charge is 0.373 e. The van der Waals surface area contributed by atoms with Crippen molar-refractivity contribution in [2.45, 2.75) is 51.2 Å². The molecule has 2 aromatic rings. The minimum Gasteiger partial charge on any atom is -0.373 e. The maximum Gasteiger partial charge on any atom is 0.165 e. The molecule has 0 aliphatic carbocycles. The van der Waals surface area contributed by atoms with Gasteiger partial charge in [-0.25, -0.2) is 15.0 Å². The number of aliphatic hydroxyl groups excluding tert-OH is 1. The summed E-state index contributed by atoms with van der Waals surface area (Å²) in [6, 6.07) is 22.1. The number of hydrogen-bond donors (Lipinski definition) is 1. The predicted octanol–water partition coefficient (Wildman–Crippen LogP) is 4.01. The fourth-order valence-corrected chi connectivity index (χ4v) is 6.24. The number of aromatic nitrogens is 4. The van der Waals surface area contributed by atoms with Gasteiger partial charge >= 0.3 is 0 Å². The Morgan fingerprint density at radius 2 is 1.53 bits per heavy atom. The molecule has 2 aromatic carbocycles. The average molecular weight is 512 g/mol. The molecule has 0 radical (unpaired) electrons. The van der Waals surface area contributed by atoms with Crippen molar-refractivity contribution in [3.05, 3.63) is 90.1 Å². The number of imidazole rings is 1. The van der Waals surface area contributed by atoms with E-state index in [2.05, 4.69) is 85.3 Å². The molecule has 2 unspecified atom stereocenters. The fourth-order valence-electron chi connectivity index (χ4n) is 6.24. The topological polar surface area (TPSA) is 73.6 Å². The van der Waals surface area contributed by atoms with Gasteiger partial charge in [0.1, 0.15) is 24.1 Å². The Morgan fingerprint density at radius 1 is 0.842 bits per heavy atom. The summed E-state index contributed by atoms with van der Waals surface area (Å²) >= 11 is 0. The van der Waals surface area contributed by atoms with Gasteiger partial charge in [0.05, 0.1) is 24.9 Å². The number of likely N-dealkylation sites (tertiary alicyclic amines) is 1. The summed E-state index contributed by atoms with van der Waals surface area (Å²) in [5.41, 5.74) is 3.38. The van der Waals surface area contributed by atoms with Gasteiger partial charge in [0.2, 0.25) is 0 Å². The highest BCUT2D eigenvalue weighted by Crippen LogP contribution is 2.34. The molecule has 0 amide bonds. The first-order valence-corrected chi connectivity index (χ1v) is 13.9. The van der Waals surface area contributed by atoms with Crippen molar-refractivity contribution >= 4 is 0 Å². The van der Waals surface area contributed by atoms with Crippen molar-refractivity contribution in [1.29, 1.82) is 0 Å². The SMILES string of the molecule is CC(O)n1c(CN2CCN(C(c3ccccc3)c3ccccc3)C(N3CCCCC3)C2)ncc2ncnc1-2. The second kappa shape index (κ2) is 11.3. The molecule has 2 atom stereocenters. The number of hydrogen-bond acceptors (Lipinski definition) is 7. The summed E-state index contributed by atoms with van der Waals surface area (Å²) in [5.74, 6) is 1.51. The van der Waals surface area contributed by atoms with Crippen LogP contribution in [0.25, 0.3) is 11.5 Å². The van der Waals surface area contributed by atoms with Crippen LogP contribution in [0.3, 0.4) is 0 Å². The zero-order chi connectivity index (χ0) is 25.9. The van der Waals surface area contributed by atoms with Crippen LogP contribution >= 0.6 is 0 Å². The third-order valence-electron chi connectivity index (χ3n) is 8.04. The number of aliphatic hydroxyl groups is 1. The fraction of sp³-hybridized carbons (Fsp3) is 0.433. The van der Waals surface area contributed by atoms with E-state index in [1.807, 2.05) is 4.57 Å². The van der Waals surface area contributed by atoms with Crippen LogP contribution in [-0.2, 0) is 6.54 Å². The van der Waals surface area contributed by atoms with E-state index < -0.39 is 6.23 Å². The van der Waals surface area contributed by atoms with Gasteiger partial charge in [-0.2, -0.15) is 0 Å². The van der Waals surface area contributed by atoms with E-state index in [9.17, 15) is 5.11 Å². The van der Waals surface area contributed by atoms with E-state index in [1.165, 1.54) is 36.7 Å². The molecule has 2 fully saturated rings. The number of nitrogens with zero attached hydrogens (tertiary/aromatic N) is 7. The molecule has 0 saturated carbocycles. The molecule has 1 N–H and O–H groups in total. The summed E-state index contributed by atoms with van der Waals surface area (Å²) in [7, 11) is 0. The predicted molar refractivity (Wildman–Crippen MR) is 147 cm³/mol. The molecule has 0 bridgehead atoms. The minimum atomic E-state index is -0.724. The van der Waals surface area contributed by atoms with Gasteiger partial charge in [-0.1, -0.05) is 67.1 Å². The lowest BCUT2D eigenvalue weighted by Gasteiger charge is -2.50. The third kappa shape index (κ3) is 5.09. The smallest absolute Gasteiger partial charge is 0.165 e. The van der Waals surface area contributed by atoms with E-state index in [0.29, 0.717) is 18.1 Å². The van der Waals surface area contributed by atoms with Crippen molar-refractivity contribution < 1.29 is 5.11 Å². The van der Waals surface area contributed by atoms with Crippen molar-refractivity contribution in [3.8, 4) is 11.5 Å². The molecular weight excluding hydrogens is 474 g/mol. The Morgan fingerprint density at radius 3 is 2.18 bits per heavy atom. The molecule has 38 heavy (non-hydrogen) atoms. The van der Waals surface area contributed by atoms with Crippen LogP contribution in [0.5, 0.6) is 0 Å². The summed E-state index contributed by atoms with van der Waals surface area (Å²) in [6.45, 7) is 7.47. The van der Waals surface area contributed by atoms with Crippen LogP contribution in [0.15, 0.2) is 73.2 Å². The van der Waals surface area contributed by atoms with Crippen LogP contribution in [0.2, 0.25) is 0 Å². The molecule has 4 aliphatic rings. The quantitative estimate of drug-likeness (QED) is 0.402. The second-order valence-corrected chi connectivity index (χ2v) is 10.5. The van der Waals surface area contributed by atoms with Gasteiger partial charge in [0.25, 0.3) is 0 Å². The second-order valence-electron chi connectivity index (χ2n) is 10.5. The van der Waals surface area contributed by atoms with Crippen LogP contribution in [0.1, 0.15) is 55.4 Å². The Bertz CT molecular complexity index is 1230. The maximum absolute atomic E-state index is 10.6. The lowest BCUT2D eigenvalue weighted by Crippen LogP contribution is -2.61. The molecule has 8 nitrogen and oxygen atoms in total. The number of benzene rings is 2. The van der Waals surface area contributed by atoms with Crippen molar-refractivity contribution in [1.82, 2.24) is 34.2 Å². The lowest BCUT2D eigenvalue weighted by molar-refractivity contribution is -0.0490. The first-order chi connectivity index (χ1) is 18.7. The van der Waals surface area contributed by atoms with Gasteiger partial charge in [-0.15, -0.1) is 0 Å². The Hall–Kier alpha value is -3.17. The molecule has 198 valence electrons. The van der Waals surface area contributed by atoms with Crippen molar-refractivity contribution in [2.75, 3.05) is 32.7 Å². The molecule has 8 heteroatoms. The molecule has 0 aromatic heterocycles.